The third-order valence-corrected chi connectivity index (χ3v) is 3.92. The maximum absolute atomic E-state index is 13.3. The van der Waals surface area contributed by atoms with Crippen LogP contribution in [0.2, 0.25) is 5.02 Å². The molecule has 3 aromatic heterocycles. The molecular weight excluding hydrogens is 373 g/mol. The fraction of sp³-hybridized carbons (Fsp3) is 0.0556. The molecular formula is C18H11ClFN5O2. The third-order valence-electron chi connectivity index (χ3n) is 3.69. The third kappa shape index (κ3) is 3.75. The summed E-state index contributed by atoms with van der Waals surface area (Å²) in [7, 11) is 0. The first-order valence-corrected chi connectivity index (χ1v) is 8.24. The predicted molar refractivity (Wildman–Crippen MR) is 95.5 cm³/mol. The lowest BCUT2D eigenvalue weighted by molar-refractivity contribution is 0.429. The predicted octanol–water partition coefficient (Wildman–Crippen LogP) is 3.20. The van der Waals surface area contributed by atoms with Crippen LogP contribution in [0.1, 0.15) is 5.56 Å². The second-order valence-corrected chi connectivity index (χ2v) is 6.10. The van der Waals surface area contributed by atoms with E-state index in [1.54, 1.807) is 24.3 Å². The first-order valence-electron chi connectivity index (χ1n) is 7.86. The smallest absolute Gasteiger partial charge is 0.278 e. The van der Waals surface area contributed by atoms with E-state index >= 15 is 0 Å². The van der Waals surface area contributed by atoms with Crippen molar-refractivity contribution in [2.75, 3.05) is 0 Å². The zero-order chi connectivity index (χ0) is 18.8. The highest BCUT2D eigenvalue weighted by Crippen LogP contribution is 2.22. The fourth-order valence-corrected chi connectivity index (χ4v) is 2.65. The normalized spacial score (nSPS) is 10.9. The van der Waals surface area contributed by atoms with Gasteiger partial charge in [-0.2, -0.15) is 10.1 Å². The molecule has 4 aromatic rings. The van der Waals surface area contributed by atoms with Gasteiger partial charge in [-0.15, -0.1) is 0 Å². The van der Waals surface area contributed by atoms with Gasteiger partial charge in [0.15, 0.2) is 0 Å². The van der Waals surface area contributed by atoms with Crippen LogP contribution in [0.5, 0.6) is 0 Å². The van der Waals surface area contributed by atoms with Gasteiger partial charge in [-0.3, -0.25) is 9.78 Å². The van der Waals surface area contributed by atoms with E-state index in [2.05, 4.69) is 20.2 Å². The van der Waals surface area contributed by atoms with E-state index in [-0.39, 0.29) is 18.0 Å². The van der Waals surface area contributed by atoms with Crippen molar-refractivity contribution in [1.29, 1.82) is 0 Å². The van der Waals surface area contributed by atoms with E-state index in [0.29, 0.717) is 27.7 Å². The number of benzene rings is 1. The summed E-state index contributed by atoms with van der Waals surface area (Å²) < 4.78 is 19.7. The second kappa shape index (κ2) is 7.08. The molecule has 0 unspecified atom stereocenters. The molecule has 4 rings (SSSR count). The lowest BCUT2D eigenvalue weighted by Gasteiger charge is -2.05. The van der Waals surface area contributed by atoms with Gasteiger partial charge in [0.25, 0.3) is 11.4 Å². The molecule has 0 bridgehead atoms. The number of halogens is 2. The Balaban J connectivity index is 1.66. The van der Waals surface area contributed by atoms with E-state index in [9.17, 15) is 9.18 Å². The Morgan fingerprint density at radius 1 is 1.15 bits per heavy atom. The average Bonchev–Trinajstić information content (AvgIpc) is 3.14. The number of pyridine rings is 1. The Labute approximate surface area is 157 Å². The van der Waals surface area contributed by atoms with Crippen molar-refractivity contribution in [2.24, 2.45) is 0 Å². The quantitative estimate of drug-likeness (QED) is 0.538. The molecule has 0 amide bonds. The van der Waals surface area contributed by atoms with Gasteiger partial charge in [0.05, 0.1) is 12.7 Å². The highest BCUT2D eigenvalue weighted by Gasteiger charge is 2.14. The Kier molecular flexibility index (Phi) is 4.47. The summed E-state index contributed by atoms with van der Waals surface area (Å²) in [6.45, 7) is 0.0622. The Bertz CT molecular complexity index is 1170. The highest BCUT2D eigenvalue weighted by atomic mass is 35.5. The van der Waals surface area contributed by atoms with Crippen LogP contribution in [0.4, 0.5) is 4.39 Å². The molecule has 0 aliphatic rings. The SMILES string of the molecule is O=c1ccc(-c2nc(-c3cccc(Cl)c3)no2)nn1Cc1cncc(F)c1. The Morgan fingerprint density at radius 3 is 2.85 bits per heavy atom. The zero-order valence-corrected chi connectivity index (χ0v) is 14.5. The number of hydrogen-bond donors (Lipinski definition) is 0. The summed E-state index contributed by atoms with van der Waals surface area (Å²) in [6, 6.07) is 11.1. The van der Waals surface area contributed by atoms with Crippen LogP contribution < -0.4 is 5.56 Å². The molecule has 134 valence electrons. The topological polar surface area (TPSA) is 86.7 Å². The van der Waals surface area contributed by atoms with Gasteiger partial charge in [0.1, 0.15) is 11.5 Å². The van der Waals surface area contributed by atoms with E-state index < -0.39 is 5.82 Å². The molecule has 3 heterocycles. The summed E-state index contributed by atoms with van der Waals surface area (Å²) in [4.78, 5) is 20.1. The second-order valence-electron chi connectivity index (χ2n) is 5.66. The zero-order valence-electron chi connectivity index (χ0n) is 13.7. The number of rotatable bonds is 4. The van der Waals surface area contributed by atoms with Crippen molar-refractivity contribution in [3.8, 4) is 23.0 Å². The minimum Gasteiger partial charge on any atom is -0.332 e. The first-order chi connectivity index (χ1) is 13.1. The van der Waals surface area contributed by atoms with E-state index in [4.69, 9.17) is 16.1 Å². The maximum atomic E-state index is 13.3. The Hall–Kier alpha value is -3.39. The largest absolute Gasteiger partial charge is 0.332 e. The summed E-state index contributed by atoms with van der Waals surface area (Å²) in [5.41, 5.74) is 1.17. The molecule has 0 spiro atoms. The van der Waals surface area contributed by atoms with Crippen LogP contribution >= 0.6 is 11.6 Å². The number of nitrogens with zero attached hydrogens (tertiary/aromatic N) is 5. The molecule has 27 heavy (non-hydrogen) atoms. The molecule has 0 aliphatic heterocycles. The molecule has 9 heteroatoms. The lowest BCUT2D eigenvalue weighted by Crippen LogP contribution is -2.23. The van der Waals surface area contributed by atoms with Crippen molar-refractivity contribution in [1.82, 2.24) is 24.9 Å². The molecule has 0 radical (unpaired) electrons. The van der Waals surface area contributed by atoms with Crippen LogP contribution in [0, 0.1) is 5.82 Å². The van der Waals surface area contributed by atoms with Crippen LogP contribution in [0.3, 0.4) is 0 Å². The van der Waals surface area contributed by atoms with Gasteiger partial charge in [0.2, 0.25) is 5.82 Å². The van der Waals surface area contributed by atoms with Crippen molar-refractivity contribution in [3.63, 3.8) is 0 Å². The highest BCUT2D eigenvalue weighted by molar-refractivity contribution is 6.30. The van der Waals surface area contributed by atoms with Crippen LogP contribution in [0.15, 0.2) is 64.2 Å². The monoisotopic (exact) mass is 383 g/mol. The van der Waals surface area contributed by atoms with Crippen LogP contribution in [-0.4, -0.2) is 24.9 Å². The molecule has 0 aliphatic carbocycles. The molecule has 0 saturated carbocycles. The van der Waals surface area contributed by atoms with Crippen molar-refractivity contribution in [2.45, 2.75) is 6.54 Å². The standard InChI is InChI=1S/C18H11ClFN5O2/c19-13-3-1-2-12(7-13)17-22-18(27-24-17)15-4-5-16(26)25(23-15)10-11-6-14(20)9-21-8-11/h1-9H,10H2. The first kappa shape index (κ1) is 17.0. The van der Waals surface area contributed by atoms with Gasteiger partial charge >= 0.3 is 0 Å². The molecule has 0 saturated heterocycles. The van der Waals surface area contributed by atoms with Crippen LogP contribution in [0.25, 0.3) is 23.0 Å². The number of aromatic nitrogens is 5. The van der Waals surface area contributed by atoms with E-state index in [1.165, 1.54) is 29.1 Å². The van der Waals surface area contributed by atoms with Gasteiger partial charge in [-0.25, -0.2) is 9.07 Å². The molecule has 7 nitrogen and oxygen atoms in total. The Morgan fingerprint density at radius 2 is 2.04 bits per heavy atom. The summed E-state index contributed by atoms with van der Waals surface area (Å²) in [5, 5.41) is 8.69. The average molecular weight is 384 g/mol. The molecule has 0 N–H and O–H groups in total. The van der Waals surface area contributed by atoms with Gasteiger partial charge in [-0.1, -0.05) is 28.9 Å². The van der Waals surface area contributed by atoms with E-state index in [1.807, 2.05) is 0 Å². The lowest BCUT2D eigenvalue weighted by atomic mass is 10.2. The molecule has 0 atom stereocenters. The van der Waals surface area contributed by atoms with Crippen molar-refractivity contribution >= 4 is 11.6 Å². The summed E-state index contributed by atoms with van der Waals surface area (Å²) >= 11 is 5.98. The summed E-state index contributed by atoms with van der Waals surface area (Å²) in [6.07, 6.45) is 2.56. The van der Waals surface area contributed by atoms with Gasteiger partial charge in [-0.05, 0) is 29.8 Å². The number of hydrogen-bond acceptors (Lipinski definition) is 6. The van der Waals surface area contributed by atoms with Crippen LogP contribution in [-0.2, 0) is 6.54 Å². The minimum absolute atomic E-state index is 0.0622. The van der Waals surface area contributed by atoms with Crippen molar-refractivity contribution < 1.29 is 8.91 Å². The van der Waals surface area contributed by atoms with Gasteiger partial charge in [0, 0.05) is 22.8 Å². The summed E-state index contributed by atoms with van der Waals surface area (Å²) in [5.74, 6) is 0.0113. The minimum atomic E-state index is -0.486. The maximum Gasteiger partial charge on any atom is 0.278 e. The van der Waals surface area contributed by atoms with Crippen molar-refractivity contribution in [3.05, 3.63) is 81.6 Å². The fourth-order valence-electron chi connectivity index (χ4n) is 2.46. The molecule has 0 fully saturated rings. The van der Waals surface area contributed by atoms with E-state index in [0.717, 1.165) is 6.20 Å². The van der Waals surface area contributed by atoms with Gasteiger partial charge < -0.3 is 4.52 Å². The molecule has 1 aromatic carbocycles.